The Labute approximate surface area is 80.9 Å². The van der Waals surface area contributed by atoms with Gasteiger partial charge in [0.15, 0.2) is 0 Å². The minimum Gasteiger partial charge on any atom is 0 e. The largest absolute Gasteiger partial charge is 0 e. The van der Waals surface area contributed by atoms with Gasteiger partial charge >= 0.3 is 62.7 Å². The normalized spacial score (nSPS) is 0. The van der Waals surface area contributed by atoms with E-state index < -0.39 is 0 Å². The van der Waals surface area contributed by atoms with Crippen molar-refractivity contribution in [1.82, 2.24) is 0 Å². The van der Waals surface area contributed by atoms with E-state index >= 15 is 0 Å². The van der Waals surface area contributed by atoms with Crippen molar-refractivity contribution in [2.45, 2.75) is 0 Å². The van der Waals surface area contributed by atoms with Crippen LogP contribution in [0.4, 0.5) is 0 Å². The molecular formula is H8GaInSeZn. The van der Waals surface area contributed by atoms with Gasteiger partial charge in [0.25, 0.3) is 0 Å². The summed E-state index contributed by atoms with van der Waals surface area (Å²) in [6.45, 7) is 0. The summed E-state index contributed by atoms with van der Waals surface area (Å²) in [6, 6.07) is 0. The van der Waals surface area contributed by atoms with Gasteiger partial charge in [0.2, 0.25) is 0 Å². The SMILES string of the molecule is [GaH3].[InH3].[SeH2].[Zn]. The quantitative estimate of drug-likeness (QED) is 0.407. The molecule has 0 N–H and O–H groups in total. The van der Waals surface area contributed by atoms with Crippen molar-refractivity contribution in [1.29, 1.82) is 0 Å². The molecule has 0 aromatic heterocycles. The summed E-state index contributed by atoms with van der Waals surface area (Å²) < 4.78 is 0. The van der Waals surface area contributed by atoms with Crippen LogP contribution < -0.4 is 0 Å². The van der Waals surface area contributed by atoms with Crippen LogP contribution in [0.1, 0.15) is 0 Å². The van der Waals surface area contributed by atoms with Gasteiger partial charge in [-0.25, -0.2) is 0 Å². The maximum absolute atomic E-state index is 0. The molecule has 4 heavy (non-hydrogen) atoms. The van der Waals surface area contributed by atoms with Crippen molar-refractivity contribution in [2.75, 3.05) is 0 Å². The van der Waals surface area contributed by atoms with Crippen molar-refractivity contribution in [3.05, 3.63) is 0 Å². The molecule has 0 saturated carbocycles. The summed E-state index contributed by atoms with van der Waals surface area (Å²) in [6.07, 6.45) is 0. The van der Waals surface area contributed by atoms with Crippen LogP contribution in [0.3, 0.4) is 0 Å². The molecule has 0 fully saturated rings. The van der Waals surface area contributed by atoms with Crippen LogP contribution >= 0.6 is 0 Å². The Hall–Kier alpha value is 2.65. The van der Waals surface area contributed by atoms with E-state index in [1.807, 2.05) is 0 Å². The van der Waals surface area contributed by atoms with Crippen LogP contribution in [0.25, 0.3) is 0 Å². The summed E-state index contributed by atoms with van der Waals surface area (Å²) in [4.78, 5) is 0. The second-order valence-corrected chi connectivity index (χ2v) is 0. The molecule has 0 bridgehead atoms. The Morgan fingerprint density at radius 1 is 1.00 bits per heavy atom. The molecule has 0 spiro atoms. The van der Waals surface area contributed by atoms with Crippen LogP contribution in [0, 0.1) is 0 Å². The van der Waals surface area contributed by atoms with E-state index in [2.05, 4.69) is 0 Å². The second-order valence-electron chi connectivity index (χ2n) is 0. The predicted octanol–water partition coefficient (Wildman–Crippen LogP) is -3.29. The molecule has 0 rings (SSSR count). The van der Waals surface area contributed by atoms with Crippen molar-refractivity contribution in [3.63, 3.8) is 0 Å². The molecule has 0 unspecified atom stereocenters. The minimum absolute atomic E-state index is 0. The summed E-state index contributed by atoms with van der Waals surface area (Å²) in [7, 11) is 0. The molecule has 0 aliphatic heterocycles. The monoisotopic (exact) mass is 336 g/mol. The topological polar surface area (TPSA) is 0 Å². The molecule has 0 aromatic carbocycles. The van der Waals surface area contributed by atoms with Crippen LogP contribution in [0.5, 0.6) is 0 Å². The first-order chi connectivity index (χ1) is 0. The fraction of sp³-hybridized carbons (Fsp3) is 0. The van der Waals surface area contributed by atoms with Gasteiger partial charge in [0.1, 0.15) is 0 Å². The molecule has 0 amide bonds. The average molecular weight is 337 g/mol. The third-order valence-electron chi connectivity index (χ3n) is 0. The van der Waals surface area contributed by atoms with Gasteiger partial charge in [-0.2, -0.15) is 0 Å². The average Bonchev–Trinajstić information content (AvgIpc) is 0. The predicted molar refractivity (Wildman–Crippen MR) is 28.4 cm³/mol. The van der Waals surface area contributed by atoms with E-state index in [-0.39, 0.29) is 82.2 Å². The van der Waals surface area contributed by atoms with Crippen LogP contribution in [-0.2, 0) is 19.5 Å². The minimum atomic E-state index is 0. The number of hydrogen-bond acceptors (Lipinski definition) is 0. The summed E-state index contributed by atoms with van der Waals surface area (Å²) in [5.41, 5.74) is 0. The molecule has 22 valence electrons. The fourth-order valence-electron chi connectivity index (χ4n) is 0. The van der Waals surface area contributed by atoms with E-state index in [9.17, 15) is 0 Å². The zero-order chi connectivity index (χ0) is 0. The van der Waals surface area contributed by atoms with Crippen molar-refractivity contribution >= 4 is 62.7 Å². The van der Waals surface area contributed by atoms with Crippen molar-refractivity contribution in [2.24, 2.45) is 0 Å². The van der Waals surface area contributed by atoms with Crippen molar-refractivity contribution < 1.29 is 19.5 Å². The van der Waals surface area contributed by atoms with Crippen LogP contribution in [-0.4, -0.2) is 62.7 Å². The molecule has 0 aliphatic carbocycles. The summed E-state index contributed by atoms with van der Waals surface area (Å²) in [5.74, 6) is 0. The van der Waals surface area contributed by atoms with Gasteiger partial charge in [0, 0.05) is 19.5 Å². The van der Waals surface area contributed by atoms with E-state index in [0.717, 1.165) is 0 Å². The molecular weight excluding hydrogens is 329 g/mol. The Morgan fingerprint density at radius 2 is 1.00 bits per heavy atom. The Morgan fingerprint density at radius 3 is 1.00 bits per heavy atom. The Bertz CT molecular complexity index is 8.00. The van der Waals surface area contributed by atoms with Gasteiger partial charge in [-0.15, -0.1) is 0 Å². The number of hydrogen-bond donors (Lipinski definition) is 0. The van der Waals surface area contributed by atoms with E-state index in [1.54, 1.807) is 0 Å². The maximum Gasteiger partial charge on any atom is 0 e. The summed E-state index contributed by atoms with van der Waals surface area (Å²) >= 11 is 0. The van der Waals surface area contributed by atoms with Crippen LogP contribution in [0.15, 0.2) is 0 Å². The molecule has 0 heterocycles. The Kier molecular flexibility index (Phi) is 132. The van der Waals surface area contributed by atoms with E-state index in [4.69, 9.17) is 0 Å². The van der Waals surface area contributed by atoms with Gasteiger partial charge < -0.3 is 0 Å². The van der Waals surface area contributed by atoms with Gasteiger partial charge in [-0.3, -0.25) is 0 Å². The fourth-order valence-corrected chi connectivity index (χ4v) is 0. The molecule has 4 heteroatoms. The van der Waals surface area contributed by atoms with Gasteiger partial charge in [-0.05, 0) is 0 Å². The first-order valence-corrected chi connectivity index (χ1v) is 0. The smallest absolute Gasteiger partial charge is 0 e. The molecule has 0 aliphatic rings. The third-order valence-corrected chi connectivity index (χ3v) is 0. The number of rotatable bonds is 0. The standard InChI is InChI=1S/Ga.In.H2Se.Zn.6H/h;;1H2;;;;;;;. The van der Waals surface area contributed by atoms with Gasteiger partial charge in [0.05, 0.1) is 0 Å². The molecule has 0 saturated heterocycles. The third kappa shape index (κ3) is 8.82. The first-order valence-electron chi connectivity index (χ1n) is 0. The Balaban J connectivity index is 0. The van der Waals surface area contributed by atoms with Crippen LogP contribution in [0.2, 0.25) is 0 Å². The molecule has 0 radical (unpaired) electrons. The van der Waals surface area contributed by atoms with Crippen molar-refractivity contribution in [3.8, 4) is 0 Å². The molecule has 0 atom stereocenters. The van der Waals surface area contributed by atoms with E-state index in [0.29, 0.717) is 0 Å². The van der Waals surface area contributed by atoms with E-state index in [1.165, 1.54) is 0 Å². The first kappa shape index (κ1) is 30.2. The van der Waals surface area contributed by atoms with Gasteiger partial charge in [-0.1, -0.05) is 0 Å². The molecule has 0 aromatic rings. The maximum atomic E-state index is 0. The zero-order valence-electron chi connectivity index (χ0n) is 1.21. The summed E-state index contributed by atoms with van der Waals surface area (Å²) in [5, 5.41) is 0. The second kappa shape index (κ2) is 17.4. The zero-order valence-corrected chi connectivity index (χ0v) is 6.27. The molecule has 0 nitrogen and oxygen atoms in total.